The molecule has 1 N–H and O–H groups in total. The minimum Gasteiger partial charge on any atom is -0.494 e. The first-order valence-electron chi connectivity index (χ1n) is 9.82. The molecule has 8 nitrogen and oxygen atoms in total. The average Bonchev–Trinajstić information content (AvgIpc) is 2.76. The zero-order valence-corrected chi connectivity index (χ0v) is 18.8. The number of carbonyl (C=O) groups is 1. The highest BCUT2D eigenvalue weighted by Crippen LogP contribution is 2.23. The molecule has 0 aliphatic rings. The Bertz CT molecular complexity index is 1050. The number of carbonyl (C=O) groups excluding carboxylic acids is 1. The van der Waals surface area contributed by atoms with Crippen LogP contribution in [-0.4, -0.2) is 48.9 Å². The summed E-state index contributed by atoms with van der Waals surface area (Å²) in [6.45, 7) is 6.99. The third-order valence-electron chi connectivity index (χ3n) is 4.87. The fraction of sp³-hybridized carbons (Fsp3) is 0.429. The van der Waals surface area contributed by atoms with E-state index in [2.05, 4.69) is 4.99 Å². The van der Waals surface area contributed by atoms with Crippen molar-refractivity contribution in [3.05, 3.63) is 56.2 Å². The van der Waals surface area contributed by atoms with E-state index in [1.165, 1.54) is 14.1 Å². The monoisotopic (exact) mass is 432 g/mol. The number of amides is 1. The van der Waals surface area contributed by atoms with Gasteiger partial charge in [-0.1, -0.05) is 30.8 Å². The molecule has 2 rings (SSSR count). The molecule has 1 aromatic carbocycles. The maximum Gasteiger partial charge on any atom is 0.333 e. The summed E-state index contributed by atoms with van der Waals surface area (Å²) in [5, 5.41) is 10.7. The molecule has 2 aromatic rings. The highest BCUT2D eigenvalue weighted by Gasteiger charge is 2.22. The molecule has 0 atom stereocenters. The number of hydrogen-bond donors (Lipinski definition) is 1. The standard InChI is InChI=1S/C21H28N4O4S/c1-6-14-9-11-15(12-10-14)22-18(30-13-16(26)25(7-2)8-3)17-19(27)23(4)21(29)24(5)20(17)28/h9-12,27H,6-8,13H2,1-5H3. The van der Waals surface area contributed by atoms with Crippen LogP contribution in [0.15, 0.2) is 38.8 Å². The Labute approximate surface area is 179 Å². The minimum absolute atomic E-state index is 0.0546. The van der Waals surface area contributed by atoms with Crippen molar-refractivity contribution in [1.82, 2.24) is 14.0 Å². The molecule has 0 aliphatic carbocycles. The van der Waals surface area contributed by atoms with Gasteiger partial charge in [-0.25, -0.2) is 9.79 Å². The first-order chi connectivity index (χ1) is 14.2. The number of nitrogens with zero attached hydrogens (tertiary/aromatic N) is 4. The van der Waals surface area contributed by atoms with Gasteiger partial charge in [0.15, 0.2) is 0 Å². The minimum atomic E-state index is -0.665. The second kappa shape index (κ2) is 10.3. The smallest absolute Gasteiger partial charge is 0.333 e. The van der Waals surface area contributed by atoms with Crippen molar-refractivity contribution in [3.8, 4) is 5.88 Å². The molecule has 0 aliphatic heterocycles. The molecule has 1 amide bonds. The number of rotatable bonds is 7. The van der Waals surface area contributed by atoms with Gasteiger partial charge in [-0.15, -0.1) is 0 Å². The van der Waals surface area contributed by atoms with Gasteiger partial charge in [0, 0.05) is 27.2 Å². The molecule has 0 saturated carbocycles. The third-order valence-corrected chi connectivity index (χ3v) is 5.83. The molecule has 1 heterocycles. The summed E-state index contributed by atoms with van der Waals surface area (Å²) in [5.74, 6) is -0.520. The molecule has 9 heteroatoms. The van der Waals surface area contributed by atoms with Gasteiger partial charge in [-0.3, -0.25) is 18.7 Å². The number of hydrogen-bond acceptors (Lipinski definition) is 6. The lowest BCUT2D eigenvalue weighted by Gasteiger charge is -2.18. The Morgan fingerprint density at radius 1 is 1.07 bits per heavy atom. The largest absolute Gasteiger partial charge is 0.494 e. The number of aliphatic imine (C=N–C) groups is 1. The van der Waals surface area contributed by atoms with E-state index in [1.54, 1.807) is 4.90 Å². The van der Waals surface area contributed by atoms with Crippen molar-refractivity contribution >= 4 is 28.4 Å². The lowest BCUT2D eigenvalue weighted by atomic mass is 10.1. The van der Waals surface area contributed by atoms with Crippen molar-refractivity contribution in [1.29, 1.82) is 0 Å². The fourth-order valence-corrected chi connectivity index (χ4v) is 3.84. The molecular formula is C21H28N4O4S. The number of aryl methyl sites for hydroxylation is 1. The summed E-state index contributed by atoms with van der Waals surface area (Å²) < 4.78 is 1.90. The summed E-state index contributed by atoms with van der Waals surface area (Å²) in [7, 11) is 2.72. The maximum atomic E-state index is 12.8. The van der Waals surface area contributed by atoms with Crippen LogP contribution in [0.5, 0.6) is 5.88 Å². The van der Waals surface area contributed by atoms with Gasteiger partial charge in [0.05, 0.1) is 11.4 Å². The van der Waals surface area contributed by atoms with Crippen LogP contribution in [0.3, 0.4) is 0 Å². The first-order valence-corrected chi connectivity index (χ1v) is 10.8. The van der Waals surface area contributed by atoms with E-state index in [0.717, 1.165) is 32.9 Å². The summed E-state index contributed by atoms with van der Waals surface area (Å²) >= 11 is 1.07. The molecule has 0 radical (unpaired) electrons. The third kappa shape index (κ3) is 5.02. The number of thioether (sulfide) groups is 1. The molecule has 1 aromatic heterocycles. The van der Waals surface area contributed by atoms with E-state index in [-0.39, 0.29) is 22.3 Å². The quantitative estimate of drug-likeness (QED) is 0.533. The normalized spacial score (nSPS) is 11.6. The van der Waals surface area contributed by atoms with Crippen LogP contribution in [0.2, 0.25) is 0 Å². The lowest BCUT2D eigenvalue weighted by Crippen LogP contribution is -2.40. The SMILES string of the molecule is CCc1ccc(N=C(SCC(=O)N(CC)CC)c2c(O)n(C)c(=O)n(C)c2=O)cc1. The number of benzene rings is 1. The first kappa shape index (κ1) is 23.5. The molecule has 30 heavy (non-hydrogen) atoms. The predicted molar refractivity (Wildman–Crippen MR) is 121 cm³/mol. The van der Waals surface area contributed by atoms with E-state index in [4.69, 9.17) is 0 Å². The maximum absolute atomic E-state index is 12.8. The van der Waals surface area contributed by atoms with Gasteiger partial charge >= 0.3 is 5.69 Å². The lowest BCUT2D eigenvalue weighted by molar-refractivity contribution is -0.127. The van der Waals surface area contributed by atoms with Crippen LogP contribution in [0, 0.1) is 0 Å². The number of aromatic nitrogens is 2. The second-order valence-corrected chi connectivity index (χ2v) is 7.66. The highest BCUT2D eigenvalue weighted by molar-refractivity contribution is 8.15. The summed E-state index contributed by atoms with van der Waals surface area (Å²) in [6.07, 6.45) is 0.881. The van der Waals surface area contributed by atoms with E-state index >= 15 is 0 Å². The van der Waals surface area contributed by atoms with Crippen molar-refractivity contribution in [2.75, 3.05) is 18.8 Å². The van der Waals surface area contributed by atoms with E-state index in [0.29, 0.717) is 18.8 Å². The average molecular weight is 433 g/mol. The van der Waals surface area contributed by atoms with Crippen molar-refractivity contribution in [2.45, 2.75) is 27.2 Å². The van der Waals surface area contributed by atoms with Crippen molar-refractivity contribution in [2.24, 2.45) is 19.1 Å². The van der Waals surface area contributed by atoms with Gasteiger partial charge in [0.1, 0.15) is 10.6 Å². The second-order valence-electron chi connectivity index (χ2n) is 6.70. The van der Waals surface area contributed by atoms with E-state index in [1.807, 2.05) is 45.0 Å². The Morgan fingerprint density at radius 2 is 1.67 bits per heavy atom. The van der Waals surface area contributed by atoms with Gasteiger partial charge < -0.3 is 10.0 Å². The molecule has 162 valence electrons. The molecule has 0 bridgehead atoms. The topological polar surface area (TPSA) is 96.9 Å². The van der Waals surface area contributed by atoms with Crippen molar-refractivity contribution in [3.63, 3.8) is 0 Å². The van der Waals surface area contributed by atoms with Gasteiger partial charge in [0.25, 0.3) is 5.56 Å². The summed E-state index contributed by atoms with van der Waals surface area (Å²) in [5.41, 5.74) is 0.317. The van der Waals surface area contributed by atoms with Gasteiger partial charge in [-0.2, -0.15) is 0 Å². The summed E-state index contributed by atoms with van der Waals surface area (Å²) in [4.78, 5) is 43.6. The molecular weight excluding hydrogens is 404 g/mol. The zero-order valence-electron chi connectivity index (χ0n) is 18.0. The Balaban J connectivity index is 2.57. The van der Waals surface area contributed by atoms with E-state index < -0.39 is 17.1 Å². The Hall–Kier alpha value is -2.81. The van der Waals surface area contributed by atoms with Crippen LogP contribution in [-0.2, 0) is 25.3 Å². The van der Waals surface area contributed by atoms with Gasteiger partial charge in [-0.05, 0) is 38.0 Å². The van der Waals surface area contributed by atoms with Crippen LogP contribution in [0.4, 0.5) is 5.69 Å². The van der Waals surface area contributed by atoms with Crippen LogP contribution in [0.25, 0.3) is 0 Å². The Kier molecular flexibility index (Phi) is 8.05. The van der Waals surface area contributed by atoms with Crippen LogP contribution >= 0.6 is 11.8 Å². The summed E-state index contributed by atoms with van der Waals surface area (Å²) in [6, 6.07) is 7.49. The highest BCUT2D eigenvalue weighted by atomic mass is 32.2. The molecule has 0 saturated heterocycles. The fourth-order valence-electron chi connectivity index (χ4n) is 2.90. The molecule has 0 fully saturated rings. The zero-order chi connectivity index (χ0) is 22.4. The molecule has 0 unspecified atom stereocenters. The number of aromatic hydroxyl groups is 1. The molecule has 0 spiro atoms. The van der Waals surface area contributed by atoms with Crippen LogP contribution in [0.1, 0.15) is 31.9 Å². The Morgan fingerprint density at radius 3 is 2.20 bits per heavy atom. The van der Waals surface area contributed by atoms with Crippen LogP contribution < -0.4 is 11.2 Å². The van der Waals surface area contributed by atoms with Crippen molar-refractivity contribution < 1.29 is 9.90 Å². The van der Waals surface area contributed by atoms with E-state index in [9.17, 15) is 19.5 Å². The predicted octanol–water partition coefficient (Wildman–Crippen LogP) is 2.03. The van der Waals surface area contributed by atoms with Gasteiger partial charge in [0.2, 0.25) is 11.8 Å².